The third kappa shape index (κ3) is 4.30. The second-order valence-corrected chi connectivity index (χ2v) is 9.29. The van der Waals surface area contributed by atoms with E-state index in [4.69, 9.17) is 4.98 Å². The lowest BCUT2D eigenvalue weighted by Gasteiger charge is -2.15. The van der Waals surface area contributed by atoms with Crippen molar-refractivity contribution in [2.75, 3.05) is 5.75 Å². The second kappa shape index (κ2) is 8.15. The Kier molecular flexibility index (Phi) is 5.72. The lowest BCUT2D eigenvalue weighted by molar-refractivity contribution is -0.137. The van der Waals surface area contributed by atoms with Gasteiger partial charge in [0.25, 0.3) is 5.56 Å². The van der Waals surface area contributed by atoms with Gasteiger partial charge in [-0.15, -0.1) is 11.8 Å². The minimum atomic E-state index is -4.38. The summed E-state index contributed by atoms with van der Waals surface area (Å²) in [5.41, 5.74) is 3.30. The fraction of sp³-hybridized carbons (Fsp3) is 0.273. The first-order valence-corrected chi connectivity index (χ1v) is 11.4. The van der Waals surface area contributed by atoms with Gasteiger partial charge in [-0.3, -0.25) is 9.36 Å². The summed E-state index contributed by atoms with van der Waals surface area (Å²) >= 11 is 2.79. The number of aromatic nitrogens is 2. The molecule has 0 bridgehead atoms. The number of alkyl halides is 3. The number of benzene rings is 2. The smallest absolute Gasteiger partial charge is 0.268 e. The van der Waals surface area contributed by atoms with Crippen LogP contribution in [0.3, 0.4) is 0 Å². The minimum absolute atomic E-state index is 0.112. The molecule has 0 saturated heterocycles. The van der Waals surface area contributed by atoms with Gasteiger partial charge in [0.2, 0.25) is 0 Å². The Morgan fingerprint density at radius 2 is 1.87 bits per heavy atom. The van der Waals surface area contributed by atoms with Crippen molar-refractivity contribution in [2.24, 2.45) is 0 Å². The van der Waals surface area contributed by atoms with Crippen LogP contribution in [0, 0.1) is 13.8 Å². The molecule has 8 heteroatoms. The van der Waals surface area contributed by atoms with Gasteiger partial charge in [0.15, 0.2) is 5.16 Å². The van der Waals surface area contributed by atoms with E-state index >= 15 is 0 Å². The van der Waals surface area contributed by atoms with Crippen LogP contribution in [-0.4, -0.2) is 15.3 Å². The normalized spacial score (nSPS) is 13.5. The maximum absolute atomic E-state index is 13.2. The van der Waals surface area contributed by atoms with Crippen molar-refractivity contribution in [1.82, 2.24) is 9.55 Å². The molecule has 2 heterocycles. The molecule has 0 N–H and O–H groups in total. The Labute approximate surface area is 180 Å². The highest BCUT2D eigenvalue weighted by Gasteiger charge is 2.30. The van der Waals surface area contributed by atoms with Gasteiger partial charge in [0, 0.05) is 17.9 Å². The van der Waals surface area contributed by atoms with Crippen LogP contribution in [-0.2, 0) is 18.3 Å². The van der Waals surface area contributed by atoms with Crippen molar-refractivity contribution in [3.8, 4) is 5.69 Å². The zero-order valence-corrected chi connectivity index (χ0v) is 18.0. The standard InChI is InChI=1S/C22H19F3N2OS2/c1-13-8-14(2)10-17(9-13)27-20(28)19-18(6-7-29-19)26-21(27)30-12-15-4-3-5-16(11-15)22(23,24)25/h3-5,8-11H,6-7,12H2,1-2H3. The molecule has 156 valence electrons. The first-order valence-electron chi connectivity index (χ1n) is 9.39. The average molecular weight is 449 g/mol. The van der Waals surface area contributed by atoms with E-state index in [-0.39, 0.29) is 11.3 Å². The molecule has 1 aliphatic rings. The van der Waals surface area contributed by atoms with Crippen molar-refractivity contribution >= 4 is 23.5 Å². The van der Waals surface area contributed by atoms with Gasteiger partial charge in [0.1, 0.15) is 0 Å². The predicted molar refractivity (Wildman–Crippen MR) is 115 cm³/mol. The van der Waals surface area contributed by atoms with E-state index in [1.165, 1.54) is 29.6 Å². The van der Waals surface area contributed by atoms with E-state index < -0.39 is 11.7 Å². The van der Waals surface area contributed by atoms with Crippen molar-refractivity contribution in [1.29, 1.82) is 0 Å². The van der Waals surface area contributed by atoms with Crippen LogP contribution in [0.1, 0.15) is 27.9 Å². The molecule has 0 saturated carbocycles. The fourth-order valence-electron chi connectivity index (χ4n) is 3.48. The maximum atomic E-state index is 13.2. The highest BCUT2D eigenvalue weighted by atomic mass is 32.2. The van der Waals surface area contributed by atoms with Crippen molar-refractivity contribution < 1.29 is 13.2 Å². The van der Waals surface area contributed by atoms with Crippen molar-refractivity contribution in [2.45, 2.75) is 42.2 Å². The molecule has 1 aromatic heterocycles. The third-order valence-electron chi connectivity index (χ3n) is 4.75. The van der Waals surface area contributed by atoms with E-state index in [1.807, 2.05) is 32.0 Å². The molecule has 3 aromatic rings. The predicted octanol–water partition coefficient (Wildman–Crippen LogP) is 5.81. The number of fused-ring (bicyclic) bond motifs is 1. The van der Waals surface area contributed by atoms with Crippen LogP contribution in [0.25, 0.3) is 5.69 Å². The summed E-state index contributed by atoms with van der Waals surface area (Å²) in [7, 11) is 0. The van der Waals surface area contributed by atoms with Crippen LogP contribution in [0.4, 0.5) is 13.2 Å². The number of aryl methyl sites for hydroxylation is 3. The molecule has 0 spiro atoms. The summed E-state index contributed by atoms with van der Waals surface area (Å²) in [6, 6.07) is 11.2. The summed E-state index contributed by atoms with van der Waals surface area (Å²) in [5.74, 6) is 1.10. The quantitative estimate of drug-likeness (QED) is 0.373. The SMILES string of the molecule is Cc1cc(C)cc(-n2c(SCc3cccc(C(F)(F)F)c3)nc3c(c2=O)SCC3)c1. The van der Waals surface area contributed by atoms with Gasteiger partial charge < -0.3 is 0 Å². The largest absolute Gasteiger partial charge is 0.416 e. The lowest BCUT2D eigenvalue weighted by atomic mass is 10.1. The van der Waals surface area contributed by atoms with Crippen LogP contribution in [0.5, 0.6) is 0 Å². The molecule has 0 unspecified atom stereocenters. The number of rotatable bonds is 4. The zero-order valence-electron chi connectivity index (χ0n) is 16.4. The van der Waals surface area contributed by atoms with Crippen LogP contribution in [0.15, 0.2) is 57.3 Å². The summed E-state index contributed by atoms with van der Waals surface area (Å²) in [4.78, 5) is 18.6. The van der Waals surface area contributed by atoms with Crippen molar-refractivity contribution in [3.63, 3.8) is 0 Å². The number of nitrogens with zero attached hydrogens (tertiary/aromatic N) is 2. The lowest BCUT2D eigenvalue weighted by Crippen LogP contribution is -2.24. The summed E-state index contributed by atoms with van der Waals surface area (Å²) < 4.78 is 40.7. The maximum Gasteiger partial charge on any atom is 0.416 e. The Balaban J connectivity index is 1.75. The van der Waals surface area contributed by atoms with E-state index in [0.29, 0.717) is 15.6 Å². The highest BCUT2D eigenvalue weighted by molar-refractivity contribution is 7.99. The summed E-state index contributed by atoms with van der Waals surface area (Å²) in [5, 5.41) is 0.503. The number of hydrogen-bond donors (Lipinski definition) is 0. The molecule has 4 rings (SSSR count). The summed E-state index contributed by atoms with van der Waals surface area (Å²) in [6.07, 6.45) is -3.66. The Morgan fingerprint density at radius 3 is 2.57 bits per heavy atom. The van der Waals surface area contributed by atoms with Crippen LogP contribution < -0.4 is 5.56 Å². The van der Waals surface area contributed by atoms with Crippen LogP contribution >= 0.6 is 23.5 Å². The van der Waals surface area contributed by atoms with E-state index in [0.717, 1.165) is 46.8 Å². The van der Waals surface area contributed by atoms with Gasteiger partial charge in [-0.2, -0.15) is 13.2 Å². The molecule has 0 aliphatic carbocycles. The average Bonchev–Trinajstić information content (AvgIpc) is 3.14. The number of hydrogen-bond acceptors (Lipinski definition) is 4. The summed E-state index contributed by atoms with van der Waals surface area (Å²) in [6.45, 7) is 3.93. The molecule has 0 atom stereocenters. The van der Waals surface area contributed by atoms with Gasteiger partial charge >= 0.3 is 6.18 Å². The highest BCUT2D eigenvalue weighted by Crippen LogP contribution is 2.33. The molecule has 0 amide bonds. The molecule has 0 fully saturated rings. The van der Waals surface area contributed by atoms with E-state index in [2.05, 4.69) is 0 Å². The second-order valence-electron chi connectivity index (χ2n) is 7.24. The third-order valence-corrected chi connectivity index (χ3v) is 6.87. The first kappa shape index (κ1) is 21.1. The molecule has 3 nitrogen and oxygen atoms in total. The molecule has 2 aromatic carbocycles. The van der Waals surface area contributed by atoms with Crippen molar-refractivity contribution in [3.05, 3.63) is 80.8 Å². The number of thioether (sulfide) groups is 2. The Hall–Kier alpha value is -2.19. The first-order chi connectivity index (χ1) is 14.2. The topological polar surface area (TPSA) is 34.9 Å². The fourth-order valence-corrected chi connectivity index (χ4v) is 5.48. The van der Waals surface area contributed by atoms with Crippen LogP contribution in [0.2, 0.25) is 0 Å². The minimum Gasteiger partial charge on any atom is -0.268 e. The Morgan fingerprint density at radius 1 is 1.13 bits per heavy atom. The van der Waals surface area contributed by atoms with E-state index in [9.17, 15) is 18.0 Å². The molecule has 1 aliphatic heterocycles. The molecular formula is C22H19F3N2OS2. The number of halogens is 3. The van der Waals surface area contributed by atoms with E-state index in [1.54, 1.807) is 10.6 Å². The molecular weight excluding hydrogens is 429 g/mol. The molecule has 0 radical (unpaired) electrons. The van der Waals surface area contributed by atoms with Gasteiger partial charge in [0.05, 0.1) is 21.8 Å². The monoisotopic (exact) mass is 448 g/mol. The zero-order chi connectivity index (χ0) is 21.5. The van der Waals surface area contributed by atoms with Gasteiger partial charge in [-0.05, 0) is 48.7 Å². The molecule has 30 heavy (non-hydrogen) atoms. The van der Waals surface area contributed by atoms with Gasteiger partial charge in [-0.25, -0.2) is 4.98 Å². The van der Waals surface area contributed by atoms with Gasteiger partial charge in [-0.1, -0.05) is 36.0 Å². The Bertz CT molecular complexity index is 1150.